The summed E-state index contributed by atoms with van der Waals surface area (Å²) < 4.78 is 22.8. The molecule has 2 saturated heterocycles. The lowest BCUT2D eigenvalue weighted by Gasteiger charge is -2.51. The van der Waals surface area contributed by atoms with Gasteiger partial charge in [-0.3, -0.25) is 4.79 Å². The van der Waals surface area contributed by atoms with Gasteiger partial charge in [0, 0.05) is 13.5 Å². The zero-order valence-corrected chi connectivity index (χ0v) is 11.6. The fourth-order valence-corrected chi connectivity index (χ4v) is 3.38. The molecule has 0 bridgehead atoms. The number of Topliss-reactive ketones (excluding diaryl/α,β-unsaturated/α-hetero) is 1. The summed E-state index contributed by atoms with van der Waals surface area (Å²) in [7, 11) is 1.54. The van der Waals surface area contributed by atoms with E-state index in [0.717, 1.165) is 0 Å². The number of methoxy groups -OCH3 is 1. The van der Waals surface area contributed by atoms with Crippen LogP contribution < -0.4 is 0 Å². The third-order valence-electron chi connectivity index (χ3n) is 4.16. The Labute approximate surface area is 111 Å². The smallest absolute Gasteiger partial charge is 0.187 e. The number of halogens is 1. The molecule has 3 aliphatic rings. The van der Waals surface area contributed by atoms with E-state index in [0.29, 0.717) is 0 Å². The van der Waals surface area contributed by atoms with Crippen LogP contribution in [-0.2, 0) is 23.7 Å². The highest BCUT2D eigenvalue weighted by atomic mass is 35.5. The summed E-state index contributed by atoms with van der Waals surface area (Å²) >= 11 is 6.33. The molecule has 5 atom stereocenters. The van der Waals surface area contributed by atoms with E-state index in [9.17, 15) is 4.79 Å². The molecular weight excluding hydrogens is 260 g/mol. The average molecular weight is 277 g/mol. The lowest BCUT2D eigenvalue weighted by molar-refractivity contribution is -0.265. The SMILES string of the molecule is CO[C@@H]1O[C@@]2(CC(=O)[C@@]2(C)Cl)[C@H]2OC(C)(C)O[C@@H]12. The fraction of sp³-hybridized carbons (Fsp3) is 0.917. The van der Waals surface area contributed by atoms with Gasteiger partial charge in [0.15, 0.2) is 17.9 Å². The highest BCUT2D eigenvalue weighted by Crippen LogP contribution is 2.58. The Morgan fingerprint density at radius 1 is 1.28 bits per heavy atom. The van der Waals surface area contributed by atoms with Crippen LogP contribution in [0.3, 0.4) is 0 Å². The lowest BCUT2D eigenvalue weighted by atomic mass is 9.65. The van der Waals surface area contributed by atoms with Crippen molar-refractivity contribution in [2.75, 3.05) is 7.11 Å². The number of carbonyl (C=O) groups is 1. The van der Waals surface area contributed by atoms with Crippen LogP contribution in [0.4, 0.5) is 0 Å². The number of carbonyl (C=O) groups excluding carboxylic acids is 1. The second kappa shape index (κ2) is 3.46. The lowest BCUT2D eigenvalue weighted by Crippen LogP contribution is -2.70. The highest BCUT2D eigenvalue weighted by molar-refractivity contribution is 6.39. The first-order valence-corrected chi connectivity index (χ1v) is 6.40. The summed E-state index contributed by atoms with van der Waals surface area (Å²) in [6.07, 6.45) is -1.04. The van der Waals surface area contributed by atoms with Crippen LogP contribution in [0.2, 0.25) is 0 Å². The molecule has 102 valence electrons. The molecule has 0 unspecified atom stereocenters. The first-order valence-electron chi connectivity index (χ1n) is 6.02. The molecule has 0 N–H and O–H groups in total. The Bertz CT molecular complexity index is 407. The molecule has 0 aromatic rings. The maximum atomic E-state index is 11.7. The van der Waals surface area contributed by atoms with Crippen LogP contribution in [-0.4, -0.2) is 47.7 Å². The Morgan fingerprint density at radius 3 is 2.44 bits per heavy atom. The average Bonchev–Trinajstić information content (AvgIpc) is 2.73. The second-order valence-electron chi connectivity index (χ2n) is 5.74. The van der Waals surface area contributed by atoms with Crippen molar-refractivity contribution in [2.24, 2.45) is 0 Å². The molecule has 3 rings (SSSR count). The standard InChI is InChI=1S/C12H17ClO5/c1-10(2)16-7-8(17-10)12(18-9(7)15-4)5-6(14)11(12,3)13/h7-9H,5H2,1-4H3/t7-,8+,9-,11-,12+/m1/s1. The topological polar surface area (TPSA) is 54.0 Å². The summed E-state index contributed by atoms with van der Waals surface area (Å²) in [5.41, 5.74) is -0.843. The Hall–Kier alpha value is -0.200. The molecule has 0 radical (unpaired) electrons. The van der Waals surface area contributed by atoms with Crippen molar-refractivity contribution < 1.29 is 23.7 Å². The zero-order chi connectivity index (χ0) is 13.3. The molecule has 18 heavy (non-hydrogen) atoms. The van der Waals surface area contributed by atoms with E-state index in [1.807, 2.05) is 13.8 Å². The van der Waals surface area contributed by atoms with E-state index in [1.165, 1.54) is 0 Å². The van der Waals surface area contributed by atoms with Crippen molar-refractivity contribution in [1.29, 1.82) is 0 Å². The predicted molar refractivity (Wildman–Crippen MR) is 62.3 cm³/mol. The molecule has 2 aliphatic heterocycles. The van der Waals surface area contributed by atoms with Gasteiger partial charge in [-0.1, -0.05) is 0 Å². The molecule has 5 nitrogen and oxygen atoms in total. The van der Waals surface area contributed by atoms with Gasteiger partial charge in [0.25, 0.3) is 0 Å². The van der Waals surface area contributed by atoms with E-state index >= 15 is 0 Å². The van der Waals surface area contributed by atoms with Crippen molar-refractivity contribution in [2.45, 2.75) is 62.0 Å². The molecule has 6 heteroatoms. The molecule has 1 saturated carbocycles. The molecule has 1 aliphatic carbocycles. The van der Waals surface area contributed by atoms with Crippen LogP contribution in [0.25, 0.3) is 0 Å². The van der Waals surface area contributed by atoms with Crippen molar-refractivity contribution in [1.82, 2.24) is 0 Å². The fourth-order valence-electron chi connectivity index (χ4n) is 3.09. The van der Waals surface area contributed by atoms with Crippen LogP contribution in [0.1, 0.15) is 27.2 Å². The highest BCUT2D eigenvalue weighted by Gasteiger charge is 2.76. The quantitative estimate of drug-likeness (QED) is 0.674. The normalized spacial score (nSPS) is 53.6. The van der Waals surface area contributed by atoms with Gasteiger partial charge in [-0.05, 0) is 20.8 Å². The van der Waals surface area contributed by atoms with E-state index in [1.54, 1.807) is 14.0 Å². The summed E-state index contributed by atoms with van der Waals surface area (Å²) in [5, 5.41) is 0. The largest absolute Gasteiger partial charge is 0.353 e. The molecule has 2 heterocycles. The van der Waals surface area contributed by atoms with Crippen molar-refractivity contribution in [3.63, 3.8) is 0 Å². The van der Waals surface area contributed by atoms with E-state index < -0.39 is 22.6 Å². The summed E-state index contributed by atoms with van der Waals surface area (Å²) in [5.74, 6) is -0.748. The minimum Gasteiger partial charge on any atom is -0.353 e. The number of ketones is 1. The van der Waals surface area contributed by atoms with Gasteiger partial charge in [0.2, 0.25) is 0 Å². The minimum atomic E-state index is -1.08. The number of ether oxygens (including phenoxy) is 4. The van der Waals surface area contributed by atoms with Gasteiger partial charge in [-0.25, -0.2) is 0 Å². The van der Waals surface area contributed by atoms with Gasteiger partial charge in [-0.2, -0.15) is 0 Å². The van der Waals surface area contributed by atoms with Gasteiger partial charge in [0.05, 0.1) is 0 Å². The van der Waals surface area contributed by atoms with Gasteiger partial charge >= 0.3 is 0 Å². The van der Waals surface area contributed by atoms with E-state index in [2.05, 4.69) is 0 Å². The number of rotatable bonds is 1. The molecule has 3 fully saturated rings. The molecule has 0 aromatic heterocycles. The third-order valence-corrected chi connectivity index (χ3v) is 4.69. The monoisotopic (exact) mass is 276 g/mol. The van der Waals surface area contributed by atoms with Gasteiger partial charge in [-0.15, -0.1) is 11.6 Å². The molecule has 0 amide bonds. The second-order valence-corrected chi connectivity index (χ2v) is 6.49. The van der Waals surface area contributed by atoms with E-state index in [-0.39, 0.29) is 24.4 Å². The Morgan fingerprint density at radius 2 is 1.94 bits per heavy atom. The Kier molecular flexibility index (Phi) is 2.47. The minimum absolute atomic E-state index is 0.0343. The van der Waals surface area contributed by atoms with Crippen LogP contribution in [0.5, 0.6) is 0 Å². The third kappa shape index (κ3) is 1.34. The zero-order valence-electron chi connectivity index (χ0n) is 10.9. The maximum absolute atomic E-state index is 11.7. The van der Waals surface area contributed by atoms with Crippen LogP contribution >= 0.6 is 11.6 Å². The number of hydrogen-bond donors (Lipinski definition) is 0. The molecule has 1 spiro atoms. The Balaban J connectivity index is 1.97. The van der Waals surface area contributed by atoms with Crippen molar-refractivity contribution in [3.8, 4) is 0 Å². The number of hydrogen-bond acceptors (Lipinski definition) is 5. The number of alkyl halides is 1. The molecule has 0 aromatic carbocycles. The maximum Gasteiger partial charge on any atom is 0.187 e. The summed E-state index contributed by atoms with van der Waals surface area (Å²) in [6.45, 7) is 5.33. The van der Waals surface area contributed by atoms with E-state index in [4.69, 9.17) is 30.5 Å². The van der Waals surface area contributed by atoms with Crippen molar-refractivity contribution in [3.05, 3.63) is 0 Å². The first kappa shape index (κ1) is 12.8. The molecular formula is C12H17ClO5. The van der Waals surface area contributed by atoms with Crippen LogP contribution in [0, 0.1) is 0 Å². The predicted octanol–water partition coefficient (Wildman–Crippen LogP) is 1.22. The first-order chi connectivity index (χ1) is 8.23. The van der Waals surface area contributed by atoms with Crippen LogP contribution in [0.15, 0.2) is 0 Å². The summed E-state index contributed by atoms with van der Waals surface area (Å²) in [6, 6.07) is 0. The van der Waals surface area contributed by atoms with Gasteiger partial charge < -0.3 is 18.9 Å². The van der Waals surface area contributed by atoms with Gasteiger partial charge in [0.1, 0.15) is 22.7 Å². The number of fused-ring (bicyclic) bond motifs is 2. The summed E-state index contributed by atoms with van der Waals surface area (Å²) in [4.78, 5) is 10.6. The van der Waals surface area contributed by atoms with Crippen molar-refractivity contribution >= 4 is 17.4 Å².